The summed E-state index contributed by atoms with van der Waals surface area (Å²) in [5.74, 6) is 0.855. The van der Waals surface area contributed by atoms with Crippen LogP contribution in [0.15, 0.2) is 36.9 Å². The van der Waals surface area contributed by atoms with Crippen LogP contribution in [-0.2, 0) is 6.54 Å². The average Bonchev–Trinajstić information content (AvgIpc) is 2.78. The van der Waals surface area contributed by atoms with E-state index in [1.807, 2.05) is 6.08 Å². The Kier molecular flexibility index (Phi) is 3.22. The van der Waals surface area contributed by atoms with Crippen LogP contribution in [0.2, 0.25) is 0 Å². The molecule has 0 saturated heterocycles. The van der Waals surface area contributed by atoms with E-state index >= 15 is 0 Å². The van der Waals surface area contributed by atoms with E-state index in [0.29, 0.717) is 0 Å². The van der Waals surface area contributed by atoms with Gasteiger partial charge in [0, 0.05) is 23.1 Å². The lowest BCUT2D eigenvalue weighted by molar-refractivity contribution is 0.322. The fourth-order valence-corrected chi connectivity index (χ4v) is 3.23. The number of hydrogen-bond donors (Lipinski definition) is 0. The standard InChI is InChI=1S/C17H21N/c1-2-16-12-15-10-6-7-11-17(15)18(16)13-14-8-4-3-5-9-14/h2,6-7,10-12,14H,1,3-5,8-9,13H2. The molecule has 0 spiro atoms. The van der Waals surface area contributed by atoms with Gasteiger partial charge in [0.25, 0.3) is 0 Å². The van der Waals surface area contributed by atoms with Gasteiger partial charge in [0.05, 0.1) is 0 Å². The van der Waals surface area contributed by atoms with Crippen molar-refractivity contribution in [2.75, 3.05) is 0 Å². The Morgan fingerprint density at radius 3 is 2.72 bits per heavy atom. The topological polar surface area (TPSA) is 4.93 Å². The summed E-state index contributed by atoms with van der Waals surface area (Å²) in [6.07, 6.45) is 9.02. The zero-order valence-corrected chi connectivity index (χ0v) is 10.9. The van der Waals surface area contributed by atoms with Gasteiger partial charge in [-0.25, -0.2) is 0 Å². The van der Waals surface area contributed by atoms with Crippen molar-refractivity contribution in [2.24, 2.45) is 5.92 Å². The number of para-hydroxylation sites is 1. The number of rotatable bonds is 3. The molecule has 0 bridgehead atoms. The van der Waals surface area contributed by atoms with E-state index in [-0.39, 0.29) is 0 Å². The molecule has 18 heavy (non-hydrogen) atoms. The van der Waals surface area contributed by atoms with Crippen molar-refractivity contribution in [2.45, 2.75) is 38.6 Å². The molecule has 1 aromatic carbocycles. The number of nitrogens with zero attached hydrogens (tertiary/aromatic N) is 1. The molecule has 1 fully saturated rings. The fourth-order valence-electron chi connectivity index (χ4n) is 3.23. The van der Waals surface area contributed by atoms with Gasteiger partial charge in [-0.2, -0.15) is 0 Å². The second-order valence-electron chi connectivity index (χ2n) is 5.45. The van der Waals surface area contributed by atoms with Gasteiger partial charge in [0.1, 0.15) is 0 Å². The van der Waals surface area contributed by atoms with Crippen molar-refractivity contribution in [3.05, 3.63) is 42.6 Å². The highest BCUT2D eigenvalue weighted by Crippen LogP contribution is 2.28. The summed E-state index contributed by atoms with van der Waals surface area (Å²) in [6, 6.07) is 10.9. The molecule has 1 aliphatic rings. The largest absolute Gasteiger partial charge is 0.341 e. The molecule has 3 rings (SSSR count). The zero-order valence-electron chi connectivity index (χ0n) is 10.9. The van der Waals surface area contributed by atoms with Gasteiger partial charge in [-0.05, 0) is 37.0 Å². The van der Waals surface area contributed by atoms with Crippen LogP contribution in [0.3, 0.4) is 0 Å². The molecule has 0 radical (unpaired) electrons. The molecule has 0 atom stereocenters. The quantitative estimate of drug-likeness (QED) is 0.720. The van der Waals surface area contributed by atoms with Gasteiger partial charge < -0.3 is 4.57 Å². The molecule has 0 N–H and O–H groups in total. The monoisotopic (exact) mass is 239 g/mol. The van der Waals surface area contributed by atoms with Crippen LogP contribution >= 0.6 is 0 Å². The van der Waals surface area contributed by atoms with Crippen molar-refractivity contribution in [1.29, 1.82) is 0 Å². The third-order valence-corrected chi connectivity index (χ3v) is 4.22. The van der Waals surface area contributed by atoms with E-state index in [1.165, 1.54) is 48.7 Å². The molecule has 2 aromatic rings. The predicted octanol–water partition coefficient (Wildman–Crippen LogP) is 4.86. The number of fused-ring (bicyclic) bond motifs is 1. The number of hydrogen-bond acceptors (Lipinski definition) is 0. The Balaban J connectivity index is 1.95. The summed E-state index contributed by atoms with van der Waals surface area (Å²) in [7, 11) is 0. The Labute approximate surface area is 109 Å². The summed E-state index contributed by atoms with van der Waals surface area (Å²) in [5, 5.41) is 1.34. The molecule has 1 aromatic heterocycles. The molecule has 0 amide bonds. The van der Waals surface area contributed by atoms with Gasteiger partial charge in [0.15, 0.2) is 0 Å². The van der Waals surface area contributed by atoms with Crippen LogP contribution in [0.25, 0.3) is 17.0 Å². The third-order valence-electron chi connectivity index (χ3n) is 4.22. The molecular weight excluding hydrogens is 218 g/mol. The molecule has 94 valence electrons. The first kappa shape index (κ1) is 11.6. The first-order chi connectivity index (χ1) is 8.88. The maximum absolute atomic E-state index is 3.96. The summed E-state index contributed by atoms with van der Waals surface area (Å²) in [4.78, 5) is 0. The van der Waals surface area contributed by atoms with Crippen molar-refractivity contribution in [3.8, 4) is 0 Å². The summed E-state index contributed by atoms with van der Waals surface area (Å²) >= 11 is 0. The minimum atomic E-state index is 0.855. The molecule has 1 heterocycles. The SMILES string of the molecule is C=Cc1cc2ccccc2n1CC1CCCCC1. The summed E-state index contributed by atoms with van der Waals surface area (Å²) in [6.45, 7) is 5.12. The lowest BCUT2D eigenvalue weighted by Crippen LogP contribution is -2.14. The predicted molar refractivity (Wildman–Crippen MR) is 78.6 cm³/mol. The minimum absolute atomic E-state index is 0.855. The molecule has 1 saturated carbocycles. The van der Waals surface area contributed by atoms with Crippen LogP contribution in [0, 0.1) is 5.92 Å². The van der Waals surface area contributed by atoms with Gasteiger partial charge in [0.2, 0.25) is 0 Å². The molecule has 0 unspecified atom stereocenters. The van der Waals surface area contributed by atoms with Crippen molar-refractivity contribution >= 4 is 17.0 Å². The highest BCUT2D eigenvalue weighted by atomic mass is 15.0. The third kappa shape index (κ3) is 2.10. The number of benzene rings is 1. The number of aromatic nitrogens is 1. The lowest BCUT2D eigenvalue weighted by Gasteiger charge is -2.23. The smallest absolute Gasteiger partial charge is 0.0485 e. The van der Waals surface area contributed by atoms with Crippen LogP contribution in [-0.4, -0.2) is 4.57 Å². The highest BCUT2D eigenvalue weighted by molar-refractivity contribution is 5.83. The van der Waals surface area contributed by atoms with E-state index in [9.17, 15) is 0 Å². The molecular formula is C17H21N. The zero-order chi connectivity index (χ0) is 12.4. The van der Waals surface area contributed by atoms with Crippen LogP contribution in [0.5, 0.6) is 0 Å². The first-order valence-corrected chi connectivity index (χ1v) is 7.09. The molecule has 1 nitrogen and oxygen atoms in total. The summed E-state index contributed by atoms with van der Waals surface area (Å²) < 4.78 is 2.46. The Morgan fingerprint density at radius 1 is 1.17 bits per heavy atom. The average molecular weight is 239 g/mol. The van der Waals surface area contributed by atoms with Gasteiger partial charge in [-0.15, -0.1) is 0 Å². The second-order valence-corrected chi connectivity index (χ2v) is 5.45. The van der Waals surface area contributed by atoms with Crippen LogP contribution in [0.4, 0.5) is 0 Å². The highest BCUT2D eigenvalue weighted by Gasteiger charge is 2.16. The Hall–Kier alpha value is -1.50. The van der Waals surface area contributed by atoms with Crippen molar-refractivity contribution in [3.63, 3.8) is 0 Å². The van der Waals surface area contributed by atoms with Crippen LogP contribution in [0.1, 0.15) is 37.8 Å². The van der Waals surface area contributed by atoms with Gasteiger partial charge in [-0.1, -0.05) is 44.0 Å². The second kappa shape index (κ2) is 5.01. The van der Waals surface area contributed by atoms with E-state index in [4.69, 9.17) is 0 Å². The fraction of sp³-hybridized carbons (Fsp3) is 0.412. The van der Waals surface area contributed by atoms with E-state index in [2.05, 4.69) is 41.5 Å². The molecule has 0 aliphatic heterocycles. The van der Waals surface area contributed by atoms with E-state index in [1.54, 1.807) is 0 Å². The Bertz CT molecular complexity index is 544. The molecule has 1 heteroatoms. The Morgan fingerprint density at radius 2 is 1.94 bits per heavy atom. The first-order valence-electron chi connectivity index (χ1n) is 7.09. The van der Waals surface area contributed by atoms with E-state index in [0.717, 1.165) is 12.5 Å². The van der Waals surface area contributed by atoms with Crippen molar-refractivity contribution < 1.29 is 0 Å². The maximum Gasteiger partial charge on any atom is 0.0485 e. The van der Waals surface area contributed by atoms with Gasteiger partial charge >= 0.3 is 0 Å². The maximum atomic E-state index is 3.96. The minimum Gasteiger partial charge on any atom is -0.341 e. The van der Waals surface area contributed by atoms with Crippen LogP contribution < -0.4 is 0 Å². The van der Waals surface area contributed by atoms with Gasteiger partial charge in [-0.3, -0.25) is 0 Å². The normalized spacial score (nSPS) is 17.1. The lowest BCUT2D eigenvalue weighted by atomic mass is 9.89. The summed E-state index contributed by atoms with van der Waals surface area (Å²) in [5.41, 5.74) is 2.62. The van der Waals surface area contributed by atoms with E-state index < -0.39 is 0 Å². The molecule has 1 aliphatic carbocycles. The van der Waals surface area contributed by atoms with Crippen molar-refractivity contribution in [1.82, 2.24) is 4.57 Å².